The predicted octanol–water partition coefficient (Wildman–Crippen LogP) is 3.68. The van der Waals surface area contributed by atoms with Gasteiger partial charge in [-0.05, 0) is 44.6 Å². The van der Waals surface area contributed by atoms with E-state index < -0.39 is 5.60 Å². The third kappa shape index (κ3) is 3.71. The fourth-order valence-corrected chi connectivity index (χ4v) is 3.28. The summed E-state index contributed by atoms with van der Waals surface area (Å²) in [5.41, 5.74) is 0.638. The molecule has 0 radical (unpaired) electrons. The summed E-state index contributed by atoms with van der Waals surface area (Å²) in [5.74, 6) is 0.167. The molecule has 0 aromatic heterocycles. The van der Waals surface area contributed by atoms with Gasteiger partial charge >= 0.3 is 0 Å². The second kappa shape index (κ2) is 6.25. The predicted molar refractivity (Wildman–Crippen MR) is 80.8 cm³/mol. The Morgan fingerprint density at radius 1 is 1.16 bits per heavy atom. The Balaban J connectivity index is 2.26. The molecule has 0 saturated heterocycles. The van der Waals surface area contributed by atoms with Crippen LogP contribution in [0.2, 0.25) is 5.02 Å². The lowest BCUT2D eigenvalue weighted by Crippen LogP contribution is -2.42. The Labute approximate surface area is 121 Å². The minimum atomic E-state index is -0.559. The lowest BCUT2D eigenvalue weighted by Gasteiger charge is -2.40. The van der Waals surface area contributed by atoms with Gasteiger partial charge in [-0.3, -0.25) is 0 Å². The van der Waals surface area contributed by atoms with Crippen molar-refractivity contribution < 1.29 is 5.11 Å². The van der Waals surface area contributed by atoms with Crippen LogP contribution in [0.5, 0.6) is 0 Å². The quantitative estimate of drug-likeness (QED) is 0.910. The number of likely N-dealkylation sites (N-methyl/N-ethyl adjacent to an activating group) is 1. The molecule has 0 amide bonds. The van der Waals surface area contributed by atoms with E-state index >= 15 is 0 Å². The third-order valence-corrected chi connectivity index (χ3v) is 4.44. The van der Waals surface area contributed by atoms with Crippen molar-refractivity contribution in [1.82, 2.24) is 4.90 Å². The molecule has 1 fully saturated rings. The molecule has 1 saturated carbocycles. The van der Waals surface area contributed by atoms with Gasteiger partial charge in [-0.2, -0.15) is 0 Å². The molecule has 0 aliphatic heterocycles. The number of hydrogen-bond acceptors (Lipinski definition) is 2. The molecular weight excluding hydrogens is 258 g/mol. The highest BCUT2D eigenvalue weighted by molar-refractivity contribution is 6.30. The first-order chi connectivity index (χ1) is 9.01. The molecule has 1 aromatic carbocycles. The van der Waals surface area contributed by atoms with Crippen LogP contribution in [-0.2, 0) is 0 Å². The Bertz CT molecular complexity index is 396. The normalized spacial score (nSPS) is 20.5. The molecule has 0 heterocycles. The number of rotatable bonds is 4. The number of hydrogen-bond donors (Lipinski definition) is 1. The zero-order chi connectivity index (χ0) is 13.9. The molecule has 106 valence electrons. The lowest BCUT2D eigenvalue weighted by atomic mass is 9.72. The van der Waals surface area contributed by atoms with E-state index in [0.29, 0.717) is 0 Å². The van der Waals surface area contributed by atoms with Crippen LogP contribution in [-0.4, -0.2) is 36.2 Å². The van der Waals surface area contributed by atoms with Gasteiger partial charge in [0.25, 0.3) is 0 Å². The van der Waals surface area contributed by atoms with Gasteiger partial charge in [0.15, 0.2) is 0 Å². The van der Waals surface area contributed by atoms with E-state index in [1.807, 2.05) is 12.1 Å². The van der Waals surface area contributed by atoms with Crippen molar-refractivity contribution >= 4 is 11.6 Å². The van der Waals surface area contributed by atoms with E-state index in [9.17, 15) is 5.11 Å². The van der Waals surface area contributed by atoms with E-state index in [2.05, 4.69) is 31.1 Å². The Hall–Kier alpha value is -0.570. The maximum atomic E-state index is 11.0. The van der Waals surface area contributed by atoms with Crippen LogP contribution >= 0.6 is 11.6 Å². The molecule has 1 N–H and O–H groups in total. The highest BCUT2D eigenvalue weighted by atomic mass is 35.5. The summed E-state index contributed by atoms with van der Waals surface area (Å²) in [5, 5.41) is 11.8. The minimum Gasteiger partial charge on any atom is -0.389 e. The zero-order valence-electron chi connectivity index (χ0n) is 11.9. The van der Waals surface area contributed by atoms with Crippen LogP contribution < -0.4 is 0 Å². The third-order valence-electron chi connectivity index (χ3n) is 4.19. The molecule has 2 rings (SSSR count). The van der Waals surface area contributed by atoms with E-state index in [0.717, 1.165) is 37.3 Å². The van der Waals surface area contributed by atoms with E-state index in [1.54, 1.807) is 0 Å². The summed E-state index contributed by atoms with van der Waals surface area (Å²) >= 11 is 5.97. The molecular formula is C16H24ClNO. The summed E-state index contributed by atoms with van der Waals surface area (Å²) in [6, 6.07) is 7.96. The average molecular weight is 282 g/mol. The number of nitrogens with zero attached hydrogens (tertiary/aromatic N) is 1. The Kier molecular flexibility index (Phi) is 4.88. The highest BCUT2D eigenvalue weighted by Crippen LogP contribution is 2.40. The summed E-state index contributed by atoms with van der Waals surface area (Å²) in [6.45, 7) is 0.873. The highest BCUT2D eigenvalue weighted by Gasteiger charge is 2.38. The topological polar surface area (TPSA) is 23.5 Å². The van der Waals surface area contributed by atoms with Crippen molar-refractivity contribution in [1.29, 1.82) is 0 Å². The van der Waals surface area contributed by atoms with Crippen molar-refractivity contribution in [3.63, 3.8) is 0 Å². The maximum absolute atomic E-state index is 11.0. The number of aliphatic hydroxyl groups is 1. The van der Waals surface area contributed by atoms with E-state index in [1.165, 1.54) is 12.0 Å². The van der Waals surface area contributed by atoms with Crippen molar-refractivity contribution in [2.45, 2.75) is 43.6 Å². The van der Waals surface area contributed by atoms with Crippen LogP contribution in [0.3, 0.4) is 0 Å². The average Bonchev–Trinajstić information content (AvgIpc) is 2.38. The lowest BCUT2D eigenvalue weighted by molar-refractivity contribution is -0.0277. The molecule has 0 unspecified atom stereocenters. The largest absolute Gasteiger partial charge is 0.389 e. The molecule has 3 heteroatoms. The second-order valence-corrected chi connectivity index (χ2v) is 6.47. The van der Waals surface area contributed by atoms with Crippen molar-refractivity contribution in [2.75, 3.05) is 20.6 Å². The van der Waals surface area contributed by atoms with Gasteiger partial charge in [0.05, 0.1) is 5.60 Å². The Morgan fingerprint density at radius 3 is 2.26 bits per heavy atom. The maximum Gasteiger partial charge on any atom is 0.0728 e. The number of benzene rings is 1. The number of halogens is 1. The molecule has 0 bridgehead atoms. The Morgan fingerprint density at radius 2 is 1.74 bits per heavy atom. The molecule has 1 aliphatic carbocycles. The molecule has 2 nitrogen and oxygen atoms in total. The minimum absolute atomic E-state index is 0.167. The standard InChI is InChI=1S/C16H24ClNO/c1-18(2)12-15(13-6-8-14(17)9-7-13)16(19)10-4-3-5-11-16/h6-9,15,19H,3-5,10-12H2,1-2H3/t15-/m1/s1. The second-order valence-electron chi connectivity index (χ2n) is 6.03. The van der Waals surface area contributed by atoms with Crippen LogP contribution in [0.1, 0.15) is 43.6 Å². The van der Waals surface area contributed by atoms with Crippen molar-refractivity contribution in [2.24, 2.45) is 0 Å². The first kappa shape index (κ1) is 14.8. The zero-order valence-corrected chi connectivity index (χ0v) is 12.7. The fourth-order valence-electron chi connectivity index (χ4n) is 3.16. The molecule has 1 aliphatic rings. The molecule has 1 aromatic rings. The molecule has 0 spiro atoms. The summed E-state index contributed by atoms with van der Waals surface area (Å²) in [4.78, 5) is 2.16. The smallest absolute Gasteiger partial charge is 0.0728 e. The van der Waals surface area contributed by atoms with Crippen LogP contribution in [0, 0.1) is 0 Å². The van der Waals surface area contributed by atoms with Crippen LogP contribution in [0.4, 0.5) is 0 Å². The SMILES string of the molecule is CN(C)C[C@H](c1ccc(Cl)cc1)C1(O)CCCCC1. The first-order valence-electron chi connectivity index (χ1n) is 7.14. The van der Waals surface area contributed by atoms with Crippen LogP contribution in [0.25, 0.3) is 0 Å². The summed E-state index contributed by atoms with van der Waals surface area (Å²) in [7, 11) is 4.13. The monoisotopic (exact) mass is 281 g/mol. The molecule has 1 atom stereocenters. The first-order valence-corrected chi connectivity index (χ1v) is 7.52. The van der Waals surface area contributed by atoms with Gasteiger partial charge in [0.1, 0.15) is 0 Å². The van der Waals surface area contributed by atoms with Crippen LogP contribution in [0.15, 0.2) is 24.3 Å². The fraction of sp³-hybridized carbons (Fsp3) is 0.625. The summed E-state index contributed by atoms with van der Waals surface area (Å²) < 4.78 is 0. The van der Waals surface area contributed by atoms with Crippen molar-refractivity contribution in [3.8, 4) is 0 Å². The van der Waals surface area contributed by atoms with Crippen molar-refractivity contribution in [3.05, 3.63) is 34.9 Å². The van der Waals surface area contributed by atoms with E-state index in [-0.39, 0.29) is 5.92 Å². The van der Waals surface area contributed by atoms with E-state index in [4.69, 9.17) is 11.6 Å². The van der Waals surface area contributed by atoms with Gasteiger partial charge in [-0.1, -0.05) is 43.0 Å². The van der Waals surface area contributed by atoms with Gasteiger partial charge in [0, 0.05) is 17.5 Å². The van der Waals surface area contributed by atoms with Gasteiger partial charge in [0.2, 0.25) is 0 Å². The van der Waals surface area contributed by atoms with Gasteiger partial charge in [-0.25, -0.2) is 0 Å². The van der Waals surface area contributed by atoms with Gasteiger partial charge < -0.3 is 10.0 Å². The summed E-state index contributed by atoms with van der Waals surface area (Å²) in [6.07, 6.45) is 5.34. The van der Waals surface area contributed by atoms with Gasteiger partial charge in [-0.15, -0.1) is 0 Å². The molecule has 19 heavy (non-hydrogen) atoms.